The van der Waals surface area contributed by atoms with Gasteiger partial charge in [0.15, 0.2) is 0 Å². The summed E-state index contributed by atoms with van der Waals surface area (Å²) in [5.74, 6) is -1.91. The van der Waals surface area contributed by atoms with Crippen LogP contribution in [0.3, 0.4) is 0 Å². The first-order valence-corrected chi connectivity index (χ1v) is 11.5. The average molecular weight is 456 g/mol. The van der Waals surface area contributed by atoms with Crippen LogP contribution < -0.4 is 0 Å². The number of nitrogens with zero attached hydrogens (tertiary/aromatic N) is 3. The van der Waals surface area contributed by atoms with Gasteiger partial charge < -0.3 is 4.74 Å². The minimum atomic E-state index is -1.03. The van der Waals surface area contributed by atoms with Crippen LogP contribution in [-0.4, -0.2) is 83.1 Å². The number of hydrogen-bond acceptors (Lipinski definition) is 7. The van der Waals surface area contributed by atoms with Crippen LogP contribution in [-0.2, 0) is 19.1 Å². The molecule has 0 N–H and O–H groups in total. The van der Waals surface area contributed by atoms with E-state index in [4.69, 9.17) is 4.74 Å². The molecule has 9 nitrogen and oxygen atoms in total. The first-order valence-electron chi connectivity index (χ1n) is 11.5. The minimum Gasteiger partial charge on any atom is -0.468 e. The summed E-state index contributed by atoms with van der Waals surface area (Å²) in [7, 11) is 1.33. The first-order chi connectivity index (χ1) is 15.8. The number of carbonyl (C=O) groups excluding carboxylic acids is 5. The normalized spacial score (nSPS) is 24.8. The van der Waals surface area contributed by atoms with Gasteiger partial charge in [-0.3, -0.25) is 38.7 Å². The van der Waals surface area contributed by atoms with Gasteiger partial charge in [-0.2, -0.15) is 0 Å². The number of amides is 4. The molecule has 33 heavy (non-hydrogen) atoms. The lowest BCUT2D eigenvalue weighted by Crippen LogP contribution is -2.57. The highest BCUT2D eigenvalue weighted by Crippen LogP contribution is 2.29. The smallest absolute Gasteiger partial charge is 0.323 e. The molecular weight excluding hydrogens is 426 g/mol. The molecule has 0 aliphatic carbocycles. The third-order valence-corrected chi connectivity index (χ3v) is 6.85. The zero-order chi connectivity index (χ0) is 23.7. The molecule has 3 aliphatic rings. The number of ether oxygens (including phenoxy) is 1. The van der Waals surface area contributed by atoms with Crippen molar-refractivity contribution in [3.05, 3.63) is 35.4 Å². The highest BCUT2D eigenvalue weighted by molar-refractivity contribution is 6.23. The van der Waals surface area contributed by atoms with Crippen molar-refractivity contribution in [1.82, 2.24) is 14.7 Å². The fraction of sp³-hybridized carbons (Fsp3) is 0.542. The molecule has 3 atom stereocenters. The second kappa shape index (κ2) is 9.43. The maximum atomic E-state index is 13.3. The molecule has 0 spiro atoms. The van der Waals surface area contributed by atoms with Crippen molar-refractivity contribution in [1.29, 1.82) is 0 Å². The van der Waals surface area contributed by atoms with Gasteiger partial charge >= 0.3 is 5.97 Å². The lowest BCUT2D eigenvalue weighted by Gasteiger charge is -2.38. The van der Waals surface area contributed by atoms with E-state index in [1.54, 1.807) is 24.3 Å². The lowest BCUT2D eigenvalue weighted by atomic mass is 9.97. The number of methoxy groups -OCH3 is 1. The fourth-order valence-electron chi connectivity index (χ4n) is 5.13. The molecule has 2 unspecified atom stereocenters. The molecule has 3 heterocycles. The van der Waals surface area contributed by atoms with Crippen molar-refractivity contribution in [3.8, 4) is 0 Å². The SMILES string of the molecule is COC(=O)C(CCN1C(=O)CC[C@H](N2C(=O)c3ccccc3C2=O)C1=O)N1CCCC(C)C1. The van der Waals surface area contributed by atoms with Gasteiger partial charge in [-0.25, -0.2) is 0 Å². The van der Waals surface area contributed by atoms with Crippen LogP contribution in [0.15, 0.2) is 24.3 Å². The quantitative estimate of drug-likeness (QED) is 0.472. The van der Waals surface area contributed by atoms with Crippen LogP contribution in [0.4, 0.5) is 0 Å². The van der Waals surface area contributed by atoms with Crippen molar-refractivity contribution in [2.75, 3.05) is 26.7 Å². The number of imide groups is 2. The van der Waals surface area contributed by atoms with E-state index in [0.717, 1.165) is 35.7 Å². The number of rotatable bonds is 6. The van der Waals surface area contributed by atoms with Gasteiger partial charge in [0.2, 0.25) is 5.91 Å². The average Bonchev–Trinajstić information content (AvgIpc) is 3.06. The predicted octanol–water partition coefficient (Wildman–Crippen LogP) is 1.46. The summed E-state index contributed by atoms with van der Waals surface area (Å²) in [4.78, 5) is 68.2. The van der Waals surface area contributed by atoms with Crippen molar-refractivity contribution >= 4 is 29.6 Å². The van der Waals surface area contributed by atoms with Gasteiger partial charge in [-0.15, -0.1) is 0 Å². The van der Waals surface area contributed by atoms with E-state index in [2.05, 4.69) is 11.8 Å². The molecule has 0 saturated carbocycles. The van der Waals surface area contributed by atoms with Crippen molar-refractivity contribution in [2.45, 2.75) is 51.1 Å². The van der Waals surface area contributed by atoms with Crippen molar-refractivity contribution in [2.24, 2.45) is 5.92 Å². The number of esters is 1. The Kier molecular flexibility index (Phi) is 6.60. The van der Waals surface area contributed by atoms with Crippen LogP contribution in [0, 0.1) is 5.92 Å². The Morgan fingerprint density at radius 2 is 1.76 bits per heavy atom. The molecule has 4 amide bonds. The van der Waals surface area contributed by atoms with Gasteiger partial charge in [-0.1, -0.05) is 19.1 Å². The minimum absolute atomic E-state index is 0.0297. The van der Waals surface area contributed by atoms with Crippen LogP contribution in [0.1, 0.15) is 59.7 Å². The zero-order valence-corrected chi connectivity index (χ0v) is 19.0. The number of benzene rings is 1. The molecule has 176 valence electrons. The third kappa shape index (κ3) is 4.29. The van der Waals surface area contributed by atoms with Crippen LogP contribution >= 0.6 is 0 Å². The topological polar surface area (TPSA) is 104 Å². The molecule has 4 rings (SSSR count). The molecule has 0 aromatic heterocycles. The molecule has 3 aliphatic heterocycles. The molecule has 1 aromatic rings. The largest absolute Gasteiger partial charge is 0.468 e. The molecule has 9 heteroatoms. The van der Waals surface area contributed by atoms with E-state index in [1.807, 2.05) is 0 Å². The van der Waals surface area contributed by atoms with Gasteiger partial charge in [0.05, 0.1) is 18.2 Å². The highest BCUT2D eigenvalue weighted by Gasteiger charge is 2.47. The van der Waals surface area contributed by atoms with E-state index in [-0.39, 0.29) is 42.8 Å². The molecule has 0 bridgehead atoms. The van der Waals surface area contributed by atoms with Crippen LogP contribution in [0.2, 0.25) is 0 Å². The Labute approximate surface area is 192 Å². The molecule has 0 radical (unpaired) electrons. The zero-order valence-electron chi connectivity index (χ0n) is 19.0. The second-order valence-corrected chi connectivity index (χ2v) is 9.03. The van der Waals surface area contributed by atoms with Gasteiger partial charge in [0.25, 0.3) is 17.7 Å². The van der Waals surface area contributed by atoms with Gasteiger partial charge in [-0.05, 0) is 50.3 Å². The molecule has 2 fully saturated rings. The van der Waals surface area contributed by atoms with Crippen molar-refractivity contribution < 1.29 is 28.7 Å². The Hall–Kier alpha value is -3.07. The summed E-state index contributed by atoms with van der Waals surface area (Å²) in [5.41, 5.74) is 0.535. The second-order valence-electron chi connectivity index (χ2n) is 9.03. The standard InChI is InChI=1S/C24H29N3O6/c1-15-6-5-12-25(14-15)19(24(32)33-2)11-13-26-20(28)10-9-18(23(26)31)27-21(29)16-7-3-4-8-17(16)22(27)30/h3-4,7-8,15,18-19H,5-6,9-14H2,1-2H3/t15?,18-,19?/m0/s1. The Morgan fingerprint density at radius 3 is 2.36 bits per heavy atom. The lowest BCUT2D eigenvalue weighted by molar-refractivity contribution is -0.154. The summed E-state index contributed by atoms with van der Waals surface area (Å²) in [5, 5.41) is 0. The van der Waals surface area contributed by atoms with E-state index >= 15 is 0 Å². The number of carbonyl (C=O) groups is 5. The maximum Gasteiger partial charge on any atom is 0.323 e. The first kappa shape index (κ1) is 23.1. The Morgan fingerprint density at radius 1 is 1.09 bits per heavy atom. The molecule has 2 saturated heterocycles. The van der Waals surface area contributed by atoms with E-state index in [0.29, 0.717) is 5.92 Å². The summed E-state index contributed by atoms with van der Waals surface area (Å²) < 4.78 is 4.99. The van der Waals surface area contributed by atoms with E-state index in [1.165, 1.54) is 7.11 Å². The Balaban J connectivity index is 1.49. The summed E-state index contributed by atoms with van der Waals surface area (Å²) in [6, 6.07) is 4.87. The number of likely N-dealkylation sites (tertiary alicyclic amines) is 2. The number of hydrogen-bond donors (Lipinski definition) is 0. The van der Waals surface area contributed by atoms with E-state index in [9.17, 15) is 24.0 Å². The van der Waals surface area contributed by atoms with Gasteiger partial charge in [0, 0.05) is 19.5 Å². The third-order valence-electron chi connectivity index (χ3n) is 6.85. The summed E-state index contributed by atoms with van der Waals surface area (Å²) >= 11 is 0. The summed E-state index contributed by atoms with van der Waals surface area (Å²) in [6.07, 6.45) is 2.45. The van der Waals surface area contributed by atoms with E-state index < -0.39 is 35.8 Å². The van der Waals surface area contributed by atoms with Gasteiger partial charge in [0.1, 0.15) is 12.1 Å². The number of fused-ring (bicyclic) bond motifs is 1. The van der Waals surface area contributed by atoms with Crippen LogP contribution in [0.25, 0.3) is 0 Å². The molecule has 1 aromatic carbocycles. The maximum absolute atomic E-state index is 13.3. The summed E-state index contributed by atoms with van der Waals surface area (Å²) in [6.45, 7) is 3.66. The Bertz CT molecular complexity index is 957. The predicted molar refractivity (Wildman–Crippen MR) is 117 cm³/mol. The monoisotopic (exact) mass is 455 g/mol. The fourth-order valence-corrected chi connectivity index (χ4v) is 5.13. The highest BCUT2D eigenvalue weighted by atomic mass is 16.5. The number of piperidine rings is 2. The van der Waals surface area contributed by atoms with Crippen LogP contribution in [0.5, 0.6) is 0 Å². The molecular formula is C24H29N3O6. The van der Waals surface area contributed by atoms with Crippen molar-refractivity contribution in [3.63, 3.8) is 0 Å².